The van der Waals surface area contributed by atoms with E-state index < -0.39 is 0 Å². The molecule has 1 saturated carbocycles. The first kappa shape index (κ1) is 16.7. The minimum atomic E-state index is -0.147. The Morgan fingerprint density at radius 3 is 2.96 bits per heavy atom. The zero-order chi connectivity index (χ0) is 17.3. The lowest BCUT2D eigenvalue weighted by molar-refractivity contribution is -0.134. The molecular formula is C20H25N3OS. The van der Waals surface area contributed by atoms with Crippen LogP contribution in [0.3, 0.4) is 0 Å². The van der Waals surface area contributed by atoms with Crippen LogP contribution in [0.4, 0.5) is 0 Å². The first-order valence-corrected chi connectivity index (χ1v) is 10.1. The summed E-state index contributed by atoms with van der Waals surface area (Å²) in [5, 5.41) is 7.71. The van der Waals surface area contributed by atoms with E-state index in [2.05, 4.69) is 32.0 Å². The van der Waals surface area contributed by atoms with E-state index >= 15 is 0 Å². The summed E-state index contributed by atoms with van der Waals surface area (Å²) in [6.07, 6.45) is 7.11. The summed E-state index contributed by atoms with van der Waals surface area (Å²) in [7, 11) is 0. The molecule has 5 heteroatoms. The Bertz CT molecular complexity index is 710. The highest BCUT2D eigenvalue weighted by atomic mass is 32.1. The molecule has 0 aromatic carbocycles. The van der Waals surface area contributed by atoms with Crippen molar-refractivity contribution in [1.29, 1.82) is 0 Å². The predicted molar refractivity (Wildman–Crippen MR) is 100 cm³/mol. The van der Waals surface area contributed by atoms with Crippen molar-refractivity contribution in [2.75, 3.05) is 13.1 Å². The molecule has 1 N–H and O–H groups in total. The molecule has 2 aliphatic rings. The van der Waals surface area contributed by atoms with Gasteiger partial charge in [-0.1, -0.05) is 6.07 Å². The predicted octanol–water partition coefficient (Wildman–Crippen LogP) is 3.42. The SMILES string of the molecule is CC(C(=O)N(Cc1ccsc1)C1CC12CCNCC2)c1cccnc1. The number of hydrogen-bond acceptors (Lipinski definition) is 4. The zero-order valence-corrected chi connectivity index (χ0v) is 15.5. The maximum absolute atomic E-state index is 13.4. The summed E-state index contributed by atoms with van der Waals surface area (Å²) < 4.78 is 0. The van der Waals surface area contributed by atoms with Crippen LogP contribution in [0.25, 0.3) is 0 Å². The van der Waals surface area contributed by atoms with Crippen molar-refractivity contribution in [1.82, 2.24) is 15.2 Å². The molecule has 1 aliphatic heterocycles. The molecule has 1 saturated heterocycles. The quantitative estimate of drug-likeness (QED) is 0.894. The van der Waals surface area contributed by atoms with Gasteiger partial charge < -0.3 is 10.2 Å². The van der Waals surface area contributed by atoms with Crippen LogP contribution in [0.2, 0.25) is 0 Å². The Kier molecular flexibility index (Phi) is 4.61. The highest BCUT2D eigenvalue weighted by molar-refractivity contribution is 7.07. The number of amides is 1. The van der Waals surface area contributed by atoms with Crippen LogP contribution >= 0.6 is 11.3 Å². The average molecular weight is 356 g/mol. The minimum absolute atomic E-state index is 0.147. The molecule has 4 nitrogen and oxygen atoms in total. The van der Waals surface area contributed by atoms with Gasteiger partial charge in [-0.05, 0) is 78.7 Å². The van der Waals surface area contributed by atoms with Gasteiger partial charge in [-0.25, -0.2) is 0 Å². The fraction of sp³-hybridized carbons (Fsp3) is 0.500. The number of carbonyl (C=O) groups is 1. The van der Waals surface area contributed by atoms with Gasteiger partial charge in [0.1, 0.15) is 0 Å². The second kappa shape index (κ2) is 6.89. The molecule has 25 heavy (non-hydrogen) atoms. The molecule has 2 aromatic heterocycles. The molecule has 0 bridgehead atoms. The van der Waals surface area contributed by atoms with Crippen molar-refractivity contribution in [2.45, 2.75) is 44.7 Å². The van der Waals surface area contributed by atoms with E-state index in [0.29, 0.717) is 11.5 Å². The number of carbonyl (C=O) groups excluding carboxylic acids is 1. The van der Waals surface area contributed by atoms with Crippen LogP contribution in [-0.2, 0) is 11.3 Å². The largest absolute Gasteiger partial charge is 0.334 e. The average Bonchev–Trinajstić information content (AvgIpc) is 3.08. The molecule has 2 fully saturated rings. The Hall–Kier alpha value is -1.72. The minimum Gasteiger partial charge on any atom is -0.334 e. The van der Waals surface area contributed by atoms with Crippen molar-refractivity contribution in [3.63, 3.8) is 0 Å². The Balaban J connectivity index is 1.56. The van der Waals surface area contributed by atoms with Gasteiger partial charge in [0.25, 0.3) is 0 Å². The summed E-state index contributed by atoms with van der Waals surface area (Å²) in [5.41, 5.74) is 2.60. The molecule has 4 rings (SSSR count). The monoisotopic (exact) mass is 355 g/mol. The topological polar surface area (TPSA) is 45.2 Å². The molecule has 1 spiro atoms. The number of hydrogen-bond donors (Lipinski definition) is 1. The third kappa shape index (κ3) is 3.35. The molecule has 1 aliphatic carbocycles. The van der Waals surface area contributed by atoms with Crippen LogP contribution in [0, 0.1) is 5.41 Å². The third-order valence-corrected chi connectivity index (χ3v) is 6.63. The Labute approximate surface area is 153 Å². The molecule has 2 unspecified atom stereocenters. The number of nitrogens with zero attached hydrogens (tertiary/aromatic N) is 2. The van der Waals surface area contributed by atoms with Crippen molar-refractivity contribution in [3.05, 3.63) is 52.5 Å². The van der Waals surface area contributed by atoms with Gasteiger partial charge in [0.05, 0.1) is 5.92 Å². The fourth-order valence-electron chi connectivity index (χ4n) is 4.17. The normalized spacial score (nSPS) is 22.5. The van der Waals surface area contributed by atoms with E-state index in [1.165, 1.54) is 18.4 Å². The van der Waals surface area contributed by atoms with Gasteiger partial charge in [-0.15, -0.1) is 0 Å². The lowest BCUT2D eigenvalue weighted by Gasteiger charge is -2.31. The van der Waals surface area contributed by atoms with E-state index in [4.69, 9.17) is 0 Å². The molecular weight excluding hydrogens is 330 g/mol. The van der Waals surface area contributed by atoms with Crippen molar-refractivity contribution in [2.24, 2.45) is 5.41 Å². The second-order valence-electron chi connectivity index (χ2n) is 7.44. The highest BCUT2D eigenvalue weighted by Gasteiger charge is 2.58. The van der Waals surface area contributed by atoms with E-state index in [-0.39, 0.29) is 11.8 Å². The summed E-state index contributed by atoms with van der Waals surface area (Å²) in [4.78, 5) is 19.7. The van der Waals surface area contributed by atoms with Crippen LogP contribution in [0.1, 0.15) is 43.2 Å². The van der Waals surface area contributed by atoms with E-state index in [9.17, 15) is 4.79 Å². The molecule has 2 atom stereocenters. The van der Waals surface area contributed by atoms with Gasteiger partial charge in [-0.2, -0.15) is 11.3 Å². The Morgan fingerprint density at radius 2 is 2.28 bits per heavy atom. The molecule has 3 heterocycles. The zero-order valence-electron chi connectivity index (χ0n) is 14.6. The van der Waals surface area contributed by atoms with Crippen LogP contribution in [0.15, 0.2) is 41.4 Å². The number of rotatable bonds is 5. The molecule has 132 valence electrons. The van der Waals surface area contributed by atoms with Gasteiger partial charge in [0.2, 0.25) is 5.91 Å². The van der Waals surface area contributed by atoms with Gasteiger partial charge in [-0.3, -0.25) is 9.78 Å². The fourth-order valence-corrected chi connectivity index (χ4v) is 4.83. The number of aromatic nitrogens is 1. The Morgan fingerprint density at radius 1 is 1.44 bits per heavy atom. The number of thiophene rings is 1. The third-order valence-electron chi connectivity index (χ3n) is 5.89. The maximum atomic E-state index is 13.4. The molecule has 2 aromatic rings. The van der Waals surface area contributed by atoms with E-state index in [0.717, 1.165) is 31.6 Å². The summed E-state index contributed by atoms with van der Waals surface area (Å²) in [6.45, 7) is 4.90. The van der Waals surface area contributed by atoms with Crippen LogP contribution in [-0.4, -0.2) is 34.9 Å². The maximum Gasteiger partial charge on any atom is 0.230 e. The smallest absolute Gasteiger partial charge is 0.230 e. The highest BCUT2D eigenvalue weighted by Crippen LogP contribution is 2.56. The van der Waals surface area contributed by atoms with Gasteiger partial charge >= 0.3 is 0 Å². The lowest BCUT2D eigenvalue weighted by Crippen LogP contribution is -2.40. The van der Waals surface area contributed by atoms with Crippen molar-refractivity contribution < 1.29 is 4.79 Å². The second-order valence-corrected chi connectivity index (χ2v) is 8.22. The summed E-state index contributed by atoms with van der Waals surface area (Å²) in [5.74, 6) is 0.0892. The number of pyridine rings is 1. The number of piperidine rings is 1. The molecule has 0 radical (unpaired) electrons. The first-order chi connectivity index (χ1) is 12.2. The van der Waals surface area contributed by atoms with Gasteiger partial charge in [0.15, 0.2) is 0 Å². The van der Waals surface area contributed by atoms with Gasteiger partial charge in [0, 0.05) is 25.0 Å². The summed E-state index contributed by atoms with van der Waals surface area (Å²) >= 11 is 1.70. The molecule has 1 amide bonds. The van der Waals surface area contributed by atoms with Crippen LogP contribution in [0.5, 0.6) is 0 Å². The van der Waals surface area contributed by atoms with E-state index in [1.54, 1.807) is 17.5 Å². The standard InChI is InChI=1S/C20H25N3OS/c1-15(17-3-2-7-22-12-17)19(24)23(13-16-4-10-25-14-16)18-11-20(18)5-8-21-9-6-20/h2-4,7,10,12,14-15,18,21H,5-6,8-9,11,13H2,1H3. The summed E-state index contributed by atoms with van der Waals surface area (Å²) in [6, 6.07) is 6.44. The van der Waals surface area contributed by atoms with E-state index in [1.807, 2.05) is 25.3 Å². The van der Waals surface area contributed by atoms with Crippen molar-refractivity contribution in [3.8, 4) is 0 Å². The first-order valence-electron chi connectivity index (χ1n) is 9.12. The van der Waals surface area contributed by atoms with Crippen LogP contribution < -0.4 is 5.32 Å². The van der Waals surface area contributed by atoms with Crippen molar-refractivity contribution >= 4 is 17.2 Å². The lowest BCUT2D eigenvalue weighted by atomic mass is 9.93. The number of nitrogens with one attached hydrogen (secondary N) is 1.